The summed E-state index contributed by atoms with van der Waals surface area (Å²) in [4.78, 5) is 14.2. The minimum Gasteiger partial charge on any atom is -0.810 e. The smallest absolute Gasteiger partial charge is 0.315 e. The van der Waals surface area contributed by atoms with Crippen molar-refractivity contribution < 1.29 is 14.6 Å². The van der Waals surface area contributed by atoms with Crippen LogP contribution in [-0.2, 0) is 16.1 Å². The predicted molar refractivity (Wildman–Crippen MR) is 81.0 cm³/mol. The fourth-order valence-electron chi connectivity index (χ4n) is 2.96. The molecule has 0 amide bonds. The third-order valence-corrected chi connectivity index (χ3v) is 4.28. The van der Waals surface area contributed by atoms with E-state index in [4.69, 9.17) is 10.1 Å². The van der Waals surface area contributed by atoms with Crippen LogP contribution in [-0.4, -0.2) is 48.5 Å². The number of nitrogens with zero attached hydrogens (tertiary/aromatic N) is 2. The molecule has 1 saturated heterocycles. The van der Waals surface area contributed by atoms with E-state index >= 15 is 0 Å². The SMILES string of the molecule is COC(=O)C1(C(C)O)CCN(Cc2cccc(C=[N-])c2)C1. The normalized spacial score (nSPS) is 23.8. The molecule has 114 valence electrons. The first-order valence-electron chi connectivity index (χ1n) is 7.07. The van der Waals surface area contributed by atoms with E-state index in [2.05, 4.69) is 4.90 Å². The lowest BCUT2D eigenvalue weighted by Gasteiger charge is -2.29. The zero-order valence-corrected chi connectivity index (χ0v) is 12.5. The first-order valence-corrected chi connectivity index (χ1v) is 7.07. The van der Waals surface area contributed by atoms with Gasteiger partial charge in [0.25, 0.3) is 0 Å². The van der Waals surface area contributed by atoms with Crippen LogP contribution < -0.4 is 0 Å². The highest BCUT2D eigenvalue weighted by Crippen LogP contribution is 2.36. The Hall–Kier alpha value is -1.72. The van der Waals surface area contributed by atoms with Gasteiger partial charge in [0, 0.05) is 13.1 Å². The van der Waals surface area contributed by atoms with Crippen molar-refractivity contribution in [2.45, 2.75) is 26.0 Å². The molecule has 1 N–H and O–H groups in total. The van der Waals surface area contributed by atoms with Gasteiger partial charge in [0.2, 0.25) is 0 Å². The van der Waals surface area contributed by atoms with E-state index < -0.39 is 11.5 Å². The monoisotopic (exact) mass is 289 g/mol. The molecule has 0 aromatic heterocycles. The van der Waals surface area contributed by atoms with Gasteiger partial charge < -0.3 is 15.3 Å². The van der Waals surface area contributed by atoms with E-state index in [1.54, 1.807) is 6.92 Å². The molecule has 1 aliphatic heterocycles. The van der Waals surface area contributed by atoms with Crippen LogP contribution in [0, 0.1) is 5.41 Å². The number of aliphatic hydroxyl groups is 1. The van der Waals surface area contributed by atoms with Gasteiger partial charge in [0.1, 0.15) is 5.41 Å². The molecule has 1 aromatic rings. The second kappa shape index (κ2) is 6.37. The van der Waals surface area contributed by atoms with Crippen LogP contribution in [0.5, 0.6) is 0 Å². The molecule has 0 saturated carbocycles. The molecule has 0 spiro atoms. The third-order valence-electron chi connectivity index (χ3n) is 4.28. The summed E-state index contributed by atoms with van der Waals surface area (Å²) in [5.41, 5.74) is 0.973. The highest BCUT2D eigenvalue weighted by molar-refractivity contribution is 5.82. The Morgan fingerprint density at radius 1 is 1.62 bits per heavy atom. The quantitative estimate of drug-likeness (QED) is 0.657. The first-order chi connectivity index (χ1) is 10.0. The van der Waals surface area contributed by atoms with Gasteiger partial charge in [-0.05, 0) is 31.0 Å². The largest absolute Gasteiger partial charge is 0.810 e. The number of aliphatic hydroxyl groups excluding tert-OH is 1. The maximum Gasteiger partial charge on any atom is 0.315 e. The van der Waals surface area contributed by atoms with Gasteiger partial charge in [-0.25, -0.2) is 0 Å². The summed E-state index contributed by atoms with van der Waals surface area (Å²) < 4.78 is 4.87. The Morgan fingerprint density at radius 3 is 3.00 bits per heavy atom. The molecular formula is C16H21N2O3-. The van der Waals surface area contributed by atoms with Crippen LogP contribution in [0.3, 0.4) is 0 Å². The van der Waals surface area contributed by atoms with Crippen LogP contribution >= 0.6 is 0 Å². The van der Waals surface area contributed by atoms with Crippen LogP contribution in [0.25, 0.3) is 5.41 Å². The fraction of sp³-hybridized carbons (Fsp3) is 0.500. The average molecular weight is 289 g/mol. The van der Waals surface area contributed by atoms with Gasteiger partial charge in [-0.2, -0.15) is 6.21 Å². The highest BCUT2D eigenvalue weighted by Gasteiger charge is 2.49. The van der Waals surface area contributed by atoms with Gasteiger partial charge in [-0.3, -0.25) is 9.69 Å². The van der Waals surface area contributed by atoms with Crippen molar-refractivity contribution in [1.82, 2.24) is 4.90 Å². The summed E-state index contributed by atoms with van der Waals surface area (Å²) in [7, 11) is 1.36. The number of rotatable bonds is 5. The number of esters is 1. The van der Waals surface area contributed by atoms with Crippen molar-refractivity contribution >= 4 is 12.2 Å². The molecule has 1 aromatic carbocycles. The Kier molecular flexibility index (Phi) is 4.75. The Labute approximate surface area is 125 Å². The van der Waals surface area contributed by atoms with Gasteiger partial charge >= 0.3 is 5.97 Å². The highest BCUT2D eigenvalue weighted by atomic mass is 16.5. The summed E-state index contributed by atoms with van der Waals surface area (Å²) in [5.74, 6) is -0.350. The standard InChI is InChI=1S/C16H21N2O3/c1-12(19)16(15(20)21-2)6-7-18(11-16)10-14-5-3-4-13(8-14)9-17/h3-5,8-9,12,19H,6-7,10-11H2,1-2H3/q-1. The molecule has 5 heteroatoms. The van der Waals surface area contributed by atoms with E-state index in [1.807, 2.05) is 24.3 Å². The predicted octanol–water partition coefficient (Wildman–Crippen LogP) is 1.42. The van der Waals surface area contributed by atoms with Gasteiger partial charge in [-0.1, -0.05) is 24.3 Å². The molecule has 2 unspecified atom stereocenters. The van der Waals surface area contributed by atoms with E-state index in [9.17, 15) is 9.90 Å². The Balaban J connectivity index is 2.10. The fourth-order valence-corrected chi connectivity index (χ4v) is 2.96. The zero-order valence-electron chi connectivity index (χ0n) is 12.5. The first kappa shape index (κ1) is 15.7. The van der Waals surface area contributed by atoms with Crippen molar-refractivity contribution in [2.75, 3.05) is 20.2 Å². The van der Waals surface area contributed by atoms with Gasteiger partial charge in [-0.15, -0.1) is 0 Å². The van der Waals surface area contributed by atoms with E-state index in [-0.39, 0.29) is 5.97 Å². The lowest BCUT2D eigenvalue weighted by atomic mass is 9.82. The lowest BCUT2D eigenvalue weighted by Crippen LogP contribution is -2.44. The molecule has 1 fully saturated rings. The number of hydrogen-bond donors (Lipinski definition) is 1. The van der Waals surface area contributed by atoms with Crippen molar-refractivity contribution in [2.24, 2.45) is 5.41 Å². The molecule has 1 heterocycles. The molecule has 0 radical (unpaired) electrons. The van der Waals surface area contributed by atoms with Crippen molar-refractivity contribution in [3.63, 3.8) is 0 Å². The van der Waals surface area contributed by atoms with Crippen molar-refractivity contribution in [3.05, 3.63) is 40.8 Å². The van der Waals surface area contributed by atoms with E-state index in [0.29, 0.717) is 19.5 Å². The van der Waals surface area contributed by atoms with Crippen LogP contribution in [0.15, 0.2) is 24.3 Å². The van der Waals surface area contributed by atoms with Crippen LogP contribution in [0.4, 0.5) is 0 Å². The molecule has 0 aliphatic carbocycles. The van der Waals surface area contributed by atoms with Gasteiger partial charge in [0.05, 0.1) is 13.2 Å². The number of ether oxygens (including phenoxy) is 1. The summed E-state index contributed by atoms with van der Waals surface area (Å²) in [5, 5.41) is 19.1. The van der Waals surface area contributed by atoms with Crippen molar-refractivity contribution in [1.29, 1.82) is 0 Å². The number of carbonyl (C=O) groups excluding carboxylic acids is 1. The van der Waals surface area contributed by atoms with Crippen molar-refractivity contribution in [3.8, 4) is 0 Å². The number of methoxy groups -OCH3 is 1. The Morgan fingerprint density at radius 2 is 2.38 bits per heavy atom. The molecule has 2 rings (SSSR count). The van der Waals surface area contributed by atoms with E-state index in [0.717, 1.165) is 23.9 Å². The molecule has 21 heavy (non-hydrogen) atoms. The molecule has 0 bridgehead atoms. The minimum absolute atomic E-state index is 0.350. The molecule has 5 nitrogen and oxygen atoms in total. The van der Waals surface area contributed by atoms with Crippen LogP contribution in [0.2, 0.25) is 0 Å². The maximum absolute atomic E-state index is 12.0. The molecular weight excluding hydrogens is 268 g/mol. The van der Waals surface area contributed by atoms with Gasteiger partial charge in [0.15, 0.2) is 0 Å². The molecule has 2 atom stereocenters. The topological polar surface area (TPSA) is 72.1 Å². The third kappa shape index (κ3) is 3.14. The molecule has 1 aliphatic rings. The lowest BCUT2D eigenvalue weighted by molar-refractivity contribution is -0.158. The summed E-state index contributed by atoms with van der Waals surface area (Å²) in [6, 6.07) is 7.59. The van der Waals surface area contributed by atoms with E-state index in [1.165, 1.54) is 7.11 Å². The average Bonchev–Trinajstić information content (AvgIpc) is 2.92. The summed E-state index contributed by atoms with van der Waals surface area (Å²) >= 11 is 0. The zero-order chi connectivity index (χ0) is 15.5. The van der Waals surface area contributed by atoms with Crippen LogP contribution in [0.1, 0.15) is 24.5 Å². The number of carbonyl (C=O) groups is 1. The number of hydrogen-bond acceptors (Lipinski definition) is 4. The second-order valence-corrected chi connectivity index (χ2v) is 5.66. The summed E-state index contributed by atoms with van der Waals surface area (Å²) in [6.45, 7) is 3.52. The number of benzene rings is 1. The Bertz CT molecular complexity index is 530. The number of likely N-dealkylation sites (tertiary alicyclic amines) is 1. The minimum atomic E-state index is -0.838. The maximum atomic E-state index is 12.0. The summed E-state index contributed by atoms with van der Waals surface area (Å²) in [6.07, 6.45) is 0.914. The second-order valence-electron chi connectivity index (χ2n) is 5.66.